The van der Waals surface area contributed by atoms with Gasteiger partial charge in [0.15, 0.2) is 0 Å². The highest BCUT2D eigenvalue weighted by molar-refractivity contribution is 6.08. The Hall–Kier alpha value is -3.38. The van der Waals surface area contributed by atoms with Crippen LogP contribution in [0, 0.1) is 6.92 Å². The Morgan fingerprint density at radius 1 is 0.516 bits per heavy atom. The van der Waals surface area contributed by atoms with Crippen LogP contribution in [0.3, 0.4) is 0 Å². The molecule has 5 aromatic carbocycles. The van der Waals surface area contributed by atoms with Crippen molar-refractivity contribution >= 4 is 21.5 Å². The van der Waals surface area contributed by atoms with Gasteiger partial charge in [0.1, 0.15) is 0 Å². The number of aryl methyl sites for hydroxylation is 2. The maximum Gasteiger partial charge on any atom is -0.00227 e. The first-order valence-corrected chi connectivity index (χ1v) is 11.3. The molecule has 0 heteroatoms. The van der Waals surface area contributed by atoms with Gasteiger partial charge in [-0.3, -0.25) is 0 Å². The fraction of sp³-hybridized carbons (Fsp3) is 0.161. The molecule has 0 nitrogen and oxygen atoms in total. The van der Waals surface area contributed by atoms with Crippen molar-refractivity contribution in [2.45, 2.75) is 33.1 Å². The summed E-state index contributed by atoms with van der Waals surface area (Å²) in [6, 6.07) is 35.9. The summed E-state index contributed by atoms with van der Waals surface area (Å²) >= 11 is 0. The molecule has 5 aromatic rings. The van der Waals surface area contributed by atoms with E-state index < -0.39 is 0 Å². The molecule has 0 aliphatic rings. The van der Waals surface area contributed by atoms with Crippen molar-refractivity contribution in [2.75, 3.05) is 0 Å². The van der Waals surface area contributed by atoms with E-state index in [0.717, 1.165) is 19.3 Å². The van der Waals surface area contributed by atoms with Gasteiger partial charge in [-0.2, -0.15) is 0 Å². The highest BCUT2D eigenvalue weighted by Crippen LogP contribution is 2.32. The Bertz CT molecular complexity index is 1350. The van der Waals surface area contributed by atoms with Crippen LogP contribution in [0.5, 0.6) is 0 Å². The molecule has 0 aliphatic heterocycles. The van der Waals surface area contributed by atoms with Gasteiger partial charge in [-0.25, -0.2) is 0 Å². The van der Waals surface area contributed by atoms with Crippen LogP contribution in [-0.4, -0.2) is 0 Å². The first-order chi connectivity index (χ1) is 15.2. The van der Waals surface area contributed by atoms with Crippen LogP contribution >= 0.6 is 0 Å². The van der Waals surface area contributed by atoms with E-state index in [1.54, 1.807) is 0 Å². The van der Waals surface area contributed by atoms with Gasteiger partial charge in [-0.15, -0.1) is 0 Å². The first-order valence-electron chi connectivity index (χ1n) is 11.3. The van der Waals surface area contributed by atoms with Crippen molar-refractivity contribution < 1.29 is 0 Å². The molecule has 0 unspecified atom stereocenters. The number of rotatable bonds is 5. The van der Waals surface area contributed by atoms with Gasteiger partial charge >= 0.3 is 0 Å². The third-order valence-electron chi connectivity index (χ3n) is 6.47. The zero-order valence-electron chi connectivity index (χ0n) is 18.4. The van der Waals surface area contributed by atoms with E-state index in [1.165, 1.54) is 54.9 Å². The smallest absolute Gasteiger partial charge is 0.00227 e. The van der Waals surface area contributed by atoms with Gasteiger partial charge in [0.2, 0.25) is 0 Å². The minimum Gasteiger partial charge on any atom is -0.0622 e. The predicted molar refractivity (Wildman–Crippen MR) is 134 cm³/mol. The number of benzene rings is 5. The monoisotopic (exact) mass is 400 g/mol. The van der Waals surface area contributed by atoms with Crippen molar-refractivity contribution in [3.63, 3.8) is 0 Å². The Labute approximate surface area is 185 Å². The summed E-state index contributed by atoms with van der Waals surface area (Å²) in [7, 11) is 0. The van der Waals surface area contributed by atoms with Gasteiger partial charge in [0.05, 0.1) is 0 Å². The van der Waals surface area contributed by atoms with Gasteiger partial charge in [-0.1, -0.05) is 97.9 Å². The van der Waals surface area contributed by atoms with Gasteiger partial charge in [-0.05, 0) is 87.2 Å². The number of hydrogen-bond donors (Lipinski definition) is 0. The van der Waals surface area contributed by atoms with E-state index >= 15 is 0 Å². The summed E-state index contributed by atoms with van der Waals surface area (Å²) < 4.78 is 0. The van der Waals surface area contributed by atoms with Crippen LogP contribution in [0.15, 0.2) is 97.1 Å². The fourth-order valence-electron chi connectivity index (χ4n) is 4.75. The average molecular weight is 401 g/mol. The maximum absolute atomic E-state index is 2.46. The molecule has 0 bridgehead atoms. The van der Waals surface area contributed by atoms with E-state index in [1.807, 2.05) is 0 Å². The molecule has 0 fully saturated rings. The lowest BCUT2D eigenvalue weighted by molar-refractivity contribution is 1.10. The van der Waals surface area contributed by atoms with Gasteiger partial charge < -0.3 is 0 Å². The van der Waals surface area contributed by atoms with E-state index in [-0.39, 0.29) is 0 Å². The fourth-order valence-corrected chi connectivity index (χ4v) is 4.75. The molecular weight excluding hydrogens is 372 g/mol. The summed E-state index contributed by atoms with van der Waals surface area (Å²) in [6.45, 7) is 4.48. The highest BCUT2D eigenvalue weighted by atomic mass is 14.2. The SMILES string of the molecule is CCc1cc2c(ccc3cc(Cc4ccccc4)c(Cc4ccccc4)cc32)cc1C. The van der Waals surface area contributed by atoms with Crippen LogP contribution in [-0.2, 0) is 19.3 Å². The van der Waals surface area contributed by atoms with Crippen molar-refractivity contribution in [3.8, 4) is 0 Å². The van der Waals surface area contributed by atoms with Crippen LogP contribution in [0.2, 0.25) is 0 Å². The van der Waals surface area contributed by atoms with Crippen molar-refractivity contribution in [1.82, 2.24) is 0 Å². The zero-order valence-corrected chi connectivity index (χ0v) is 18.4. The van der Waals surface area contributed by atoms with Gasteiger partial charge in [0.25, 0.3) is 0 Å². The Balaban J connectivity index is 1.71. The number of fused-ring (bicyclic) bond motifs is 3. The second-order valence-electron chi connectivity index (χ2n) is 8.59. The van der Waals surface area contributed by atoms with E-state index in [2.05, 4.69) is 111 Å². The second-order valence-corrected chi connectivity index (χ2v) is 8.59. The second kappa shape index (κ2) is 8.40. The van der Waals surface area contributed by atoms with Gasteiger partial charge in [0, 0.05) is 0 Å². The summed E-state index contributed by atoms with van der Waals surface area (Å²) in [5.74, 6) is 0. The molecule has 152 valence electrons. The molecule has 0 aromatic heterocycles. The summed E-state index contributed by atoms with van der Waals surface area (Å²) in [5, 5.41) is 5.42. The average Bonchev–Trinajstić information content (AvgIpc) is 2.80. The molecule has 0 amide bonds. The third-order valence-corrected chi connectivity index (χ3v) is 6.47. The minimum absolute atomic E-state index is 0.960. The lowest BCUT2D eigenvalue weighted by Crippen LogP contribution is -1.98. The molecule has 31 heavy (non-hydrogen) atoms. The van der Waals surface area contributed by atoms with Crippen LogP contribution < -0.4 is 0 Å². The van der Waals surface area contributed by atoms with E-state index in [0.29, 0.717) is 0 Å². The molecule has 0 saturated carbocycles. The molecule has 0 aliphatic carbocycles. The quantitative estimate of drug-likeness (QED) is 0.262. The summed E-state index contributed by atoms with van der Waals surface area (Å²) in [5.41, 5.74) is 8.40. The van der Waals surface area contributed by atoms with E-state index in [9.17, 15) is 0 Å². The van der Waals surface area contributed by atoms with Crippen molar-refractivity contribution in [2.24, 2.45) is 0 Å². The summed E-state index contributed by atoms with van der Waals surface area (Å²) in [6.07, 6.45) is 2.99. The van der Waals surface area contributed by atoms with Crippen LogP contribution in [0.25, 0.3) is 21.5 Å². The minimum atomic E-state index is 0.960. The van der Waals surface area contributed by atoms with Crippen LogP contribution in [0.1, 0.15) is 40.3 Å². The number of hydrogen-bond acceptors (Lipinski definition) is 0. The molecule has 0 atom stereocenters. The Kier molecular flexibility index (Phi) is 5.30. The molecular formula is C31H28. The molecule has 0 radical (unpaired) electrons. The third kappa shape index (κ3) is 3.99. The normalized spacial score (nSPS) is 11.3. The zero-order chi connectivity index (χ0) is 21.2. The topological polar surface area (TPSA) is 0 Å². The molecule has 0 spiro atoms. The molecule has 5 rings (SSSR count). The standard InChI is InChI=1S/C31H28/c1-3-25-20-30-26(16-22(25)2)14-15-27-19-28(17-23-10-6-4-7-11-23)29(21-31(27)30)18-24-12-8-5-9-13-24/h4-16,19-21H,3,17-18H2,1-2H3. The largest absolute Gasteiger partial charge is 0.0622 e. The summed E-state index contributed by atoms with van der Waals surface area (Å²) in [4.78, 5) is 0. The maximum atomic E-state index is 2.46. The van der Waals surface area contributed by atoms with Crippen molar-refractivity contribution in [3.05, 3.63) is 130 Å². The molecule has 0 saturated heterocycles. The Morgan fingerprint density at radius 3 is 1.55 bits per heavy atom. The van der Waals surface area contributed by atoms with Crippen molar-refractivity contribution in [1.29, 1.82) is 0 Å². The lowest BCUT2D eigenvalue weighted by Gasteiger charge is -2.15. The lowest BCUT2D eigenvalue weighted by atomic mass is 9.89. The molecule has 0 heterocycles. The van der Waals surface area contributed by atoms with E-state index in [4.69, 9.17) is 0 Å². The molecule has 0 N–H and O–H groups in total. The highest BCUT2D eigenvalue weighted by Gasteiger charge is 2.11. The van der Waals surface area contributed by atoms with Crippen LogP contribution in [0.4, 0.5) is 0 Å². The predicted octanol–water partition coefficient (Wildman–Crippen LogP) is 8.05. The first kappa shape index (κ1) is 19.6. The Morgan fingerprint density at radius 2 is 1.00 bits per heavy atom.